The van der Waals surface area contributed by atoms with E-state index in [4.69, 9.17) is 20.9 Å². The van der Waals surface area contributed by atoms with Gasteiger partial charge in [0, 0.05) is 17.0 Å². The van der Waals surface area contributed by atoms with Gasteiger partial charge in [-0.15, -0.1) is 0 Å². The van der Waals surface area contributed by atoms with E-state index in [1.165, 1.54) is 0 Å². The molecule has 0 saturated heterocycles. The highest BCUT2D eigenvalue weighted by Gasteiger charge is 2.15. The van der Waals surface area contributed by atoms with Crippen molar-refractivity contribution in [3.63, 3.8) is 0 Å². The molecule has 0 unspecified atom stereocenters. The first kappa shape index (κ1) is 15.5. The van der Waals surface area contributed by atoms with Crippen LogP contribution in [0.3, 0.4) is 0 Å². The predicted molar refractivity (Wildman–Crippen MR) is 88.5 cm³/mol. The lowest BCUT2D eigenvalue weighted by Crippen LogP contribution is -1.99. The fourth-order valence-corrected chi connectivity index (χ4v) is 2.27. The lowest BCUT2D eigenvalue weighted by molar-refractivity contribution is 0.328. The smallest absolute Gasteiger partial charge is 0.226 e. The zero-order chi connectivity index (χ0) is 16.2. The van der Waals surface area contributed by atoms with Gasteiger partial charge in [0.25, 0.3) is 0 Å². The number of hydrogen-bond donors (Lipinski definition) is 0. The standard InChI is InChI=1S/C17H16ClN3O2/c1-3-15-20-16(21-23-15)13-9-10-14(19-17(13)22-4-2)11-5-7-12(18)8-6-11/h5-10H,3-4H2,1-2H3. The molecule has 2 heterocycles. The summed E-state index contributed by atoms with van der Waals surface area (Å²) in [6.07, 6.45) is 0.688. The first-order valence-corrected chi connectivity index (χ1v) is 7.81. The van der Waals surface area contributed by atoms with E-state index >= 15 is 0 Å². The number of hydrogen-bond acceptors (Lipinski definition) is 5. The van der Waals surface area contributed by atoms with Crippen LogP contribution in [-0.4, -0.2) is 21.7 Å². The van der Waals surface area contributed by atoms with Gasteiger partial charge in [-0.05, 0) is 31.2 Å². The third kappa shape index (κ3) is 3.35. The Kier molecular flexibility index (Phi) is 4.57. The molecular weight excluding hydrogens is 314 g/mol. The number of benzene rings is 1. The second-order valence-corrected chi connectivity index (χ2v) is 5.29. The van der Waals surface area contributed by atoms with Crippen LogP contribution in [0.25, 0.3) is 22.6 Å². The van der Waals surface area contributed by atoms with E-state index in [2.05, 4.69) is 15.1 Å². The maximum absolute atomic E-state index is 5.93. The van der Waals surface area contributed by atoms with Gasteiger partial charge in [0.05, 0.1) is 17.9 Å². The van der Waals surface area contributed by atoms with E-state index < -0.39 is 0 Å². The average Bonchev–Trinajstić information content (AvgIpc) is 3.05. The summed E-state index contributed by atoms with van der Waals surface area (Å²) in [6.45, 7) is 4.37. The predicted octanol–water partition coefficient (Wildman–Crippen LogP) is 4.41. The lowest BCUT2D eigenvalue weighted by atomic mass is 10.1. The molecule has 0 saturated carbocycles. The Hall–Kier alpha value is -2.40. The maximum atomic E-state index is 5.93. The summed E-state index contributed by atoms with van der Waals surface area (Å²) in [7, 11) is 0. The molecule has 6 heteroatoms. The third-order valence-electron chi connectivity index (χ3n) is 3.29. The second-order valence-electron chi connectivity index (χ2n) is 4.85. The van der Waals surface area contributed by atoms with Crippen LogP contribution in [0, 0.1) is 0 Å². The summed E-state index contributed by atoms with van der Waals surface area (Å²) in [4.78, 5) is 8.93. The fourth-order valence-electron chi connectivity index (χ4n) is 2.15. The number of ether oxygens (including phenoxy) is 1. The first-order chi connectivity index (χ1) is 11.2. The van der Waals surface area contributed by atoms with E-state index in [1.54, 1.807) is 0 Å². The highest BCUT2D eigenvalue weighted by atomic mass is 35.5. The van der Waals surface area contributed by atoms with Gasteiger partial charge in [0.1, 0.15) is 0 Å². The minimum absolute atomic E-state index is 0.487. The van der Waals surface area contributed by atoms with Crippen molar-refractivity contribution in [2.24, 2.45) is 0 Å². The quantitative estimate of drug-likeness (QED) is 0.693. The number of rotatable bonds is 5. The molecule has 1 aromatic carbocycles. The number of pyridine rings is 1. The molecule has 118 valence electrons. The molecule has 3 rings (SSSR count). The van der Waals surface area contributed by atoms with Gasteiger partial charge < -0.3 is 9.26 Å². The van der Waals surface area contributed by atoms with Crippen molar-refractivity contribution in [3.8, 4) is 28.5 Å². The van der Waals surface area contributed by atoms with Crippen molar-refractivity contribution in [2.45, 2.75) is 20.3 Å². The molecule has 0 aliphatic carbocycles. The van der Waals surface area contributed by atoms with Crippen LogP contribution in [0.1, 0.15) is 19.7 Å². The Morgan fingerprint density at radius 1 is 1.04 bits per heavy atom. The van der Waals surface area contributed by atoms with Gasteiger partial charge in [-0.2, -0.15) is 4.98 Å². The summed E-state index contributed by atoms with van der Waals surface area (Å²) >= 11 is 5.93. The average molecular weight is 330 g/mol. The SMILES string of the molecule is CCOc1nc(-c2ccc(Cl)cc2)ccc1-c1noc(CC)n1. The van der Waals surface area contributed by atoms with Gasteiger partial charge >= 0.3 is 0 Å². The number of aryl methyl sites for hydroxylation is 1. The van der Waals surface area contributed by atoms with E-state index in [0.29, 0.717) is 41.2 Å². The van der Waals surface area contributed by atoms with Gasteiger partial charge in [-0.3, -0.25) is 0 Å². The Morgan fingerprint density at radius 2 is 1.83 bits per heavy atom. The molecule has 0 spiro atoms. The van der Waals surface area contributed by atoms with E-state index in [9.17, 15) is 0 Å². The molecular formula is C17H16ClN3O2. The Morgan fingerprint density at radius 3 is 2.48 bits per heavy atom. The molecule has 0 amide bonds. The van der Waals surface area contributed by atoms with Crippen molar-refractivity contribution in [1.82, 2.24) is 15.1 Å². The van der Waals surface area contributed by atoms with Gasteiger partial charge in [-0.1, -0.05) is 35.8 Å². The highest BCUT2D eigenvalue weighted by molar-refractivity contribution is 6.30. The van der Waals surface area contributed by atoms with E-state index in [1.807, 2.05) is 50.2 Å². The maximum Gasteiger partial charge on any atom is 0.226 e. The normalized spacial score (nSPS) is 10.7. The van der Waals surface area contributed by atoms with Crippen molar-refractivity contribution in [2.75, 3.05) is 6.61 Å². The van der Waals surface area contributed by atoms with Crippen LogP contribution in [0.4, 0.5) is 0 Å². The van der Waals surface area contributed by atoms with Crippen LogP contribution >= 0.6 is 11.6 Å². The van der Waals surface area contributed by atoms with Gasteiger partial charge in [0.15, 0.2) is 0 Å². The summed E-state index contributed by atoms with van der Waals surface area (Å²) in [6, 6.07) is 11.3. The Balaban J connectivity index is 2.02. The molecule has 0 aliphatic heterocycles. The molecule has 0 bridgehead atoms. The summed E-state index contributed by atoms with van der Waals surface area (Å²) < 4.78 is 10.8. The molecule has 0 aliphatic rings. The van der Waals surface area contributed by atoms with Crippen LogP contribution in [0.5, 0.6) is 5.88 Å². The third-order valence-corrected chi connectivity index (χ3v) is 3.54. The van der Waals surface area contributed by atoms with Gasteiger partial charge in [0.2, 0.25) is 17.6 Å². The lowest BCUT2D eigenvalue weighted by Gasteiger charge is -2.09. The van der Waals surface area contributed by atoms with E-state index in [-0.39, 0.29) is 0 Å². The highest BCUT2D eigenvalue weighted by Crippen LogP contribution is 2.30. The summed E-state index contributed by atoms with van der Waals surface area (Å²) in [5, 5.41) is 4.68. The largest absolute Gasteiger partial charge is 0.477 e. The molecule has 23 heavy (non-hydrogen) atoms. The minimum atomic E-state index is 0.487. The minimum Gasteiger partial charge on any atom is -0.477 e. The molecule has 2 aromatic heterocycles. The van der Waals surface area contributed by atoms with Crippen LogP contribution in [-0.2, 0) is 6.42 Å². The van der Waals surface area contributed by atoms with Crippen LogP contribution < -0.4 is 4.74 Å². The number of halogens is 1. The molecule has 0 atom stereocenters. The van der Waals surface area contributed by atoms with E-state index in [0.717, 1.165) is 11.3 Å². The Labute approximate surface area is 139 Å². The Bertz CT molecular complexity index is 800. The van der Waals surface area contributed by atoms with Gasteiger partial charge in [-0.25, -0.2) is 4.98 Å². The fraction of sp³-hybridized carbons (Fsp3) is 0.235. The zero-order valence-corrected chi connectivity index (χ0v) is 13.7. The first-order valence-electron chi connectivity index (χ1n) is 7.44. The second kappa shape index (κ2) is 6.79. The number of nitrogens with zero attached hydrogens (tertiary/aromatic N) is 3. The zero-order valence-electron chi connectivity index (χ0n) is 12.9. The van der Waals surface area contributed by atoms with Crippen LogP contribution in [0.2, 0.25) is 5.02 Å². The molecule has 3 aromatic rings. The molecule has 0 radical (unpaired) electrons. The summed E-state index contributed by atoms with van der Waals surface area (Å²) in [5.41, 5.74) is 2.48. The van der Waals surface area contributed by atoms with Crippen molar-refractivity contribution < 1.29 is 9.26 Å². The molecule has 0 N–H and O–H groups in total. The molecule has 0 fully saturated rings. The molecule has 5 nitrogen and oxygen atoms in total. The number of aromatic nitrogens is 3. The van der Waals surface area contributed by atoms with Crippen molar-refractivity contribution in [3.05, 3.63) is 47.3 Å². The van der Waals surface area contributed by atoms with Crippen molar-refractivity contribution in [1.29, 1.82) is 0 Å². The summed E-state index contributed by atoms with van der Waals surface area (Å²) in [5.74, 6) is 1.56. The monoisotopic (exact) mass is 329 g/mol. The van der Waals surface area contributed by atoms with Crippen LogP contribution in [0.15, 0.2) is 40.9 Å². The topological polar surface area (TPSA) is 61.0 Å². The van der Waals surface area contributed by atoms with Crippen molar-refractivity contribution >= 4 is 11.6 Å².